The molecule has 8 heteroatoms. The number of aliphatic hydroxyl groups is 4. The quantitative estimate of drug-likeness (QED) is 0.0793. The summed E-state index contributed by atoms with van der Waals surface area (Å²) in [6.07, 6.45) is 10.2. The van der Waals surface area contributed by atoms with Crippen LogP contribution >= 0.6 is 0 Å². The van der Waals surface area contributed by atoms with Crippen LogP contribution in [0.15, 0.2) is 24.3 Å². The summed E-state index contributed by atoms with van der Waals surface area (Å²) in [5.74, 6) is 0.225. The van der Waals surface area contributed by atoms with Gasteiger partial charge >= 0.3 is 5.97 Å². The predicted molar refractivity (Wildman–Crippen MR) is 138 cm³/mol. The van der Waals surface area contributed by atoms with Crippen LogP contribution in [0.25, 0.3) is 0 Å². The van der Waals surface area contributed by atoms with Gasteiger partial charge in [0.05, 0.1) is 6.61 Å². The minimum Gasteiger partial charge on any atom is -0.480 e. The second-order valence-corrected chi connectivity index (χ2v) is 9.39. The van der Waals surface area contributed by atoms with Crippen LogP contribution < -0.4 is 9.47 Å². The third-order valence-electron chi connectivity index (χ3n) is 6.21. The minimum atomic E-state index is -1.75. The first kappa shape index (κ1) is 32.0. The number of ether oxygens (including phenoxy) is 2. The Hall–Kier alpha value is -2.00. The van der Waals surface area contributed by atoms with Crippen LogP contribution in [0.3, 0.4) is 0 Å². The van der Waals surface area contributed by atoms with Crippen LogP contribution in [0.1, 0.15) is 96.8 Å². The Labute approximate surface area is 215 Å². The van der Waals surface area contributed by atoms with Gasteiger partial charge in [0, 0.05) is 6.42 Å². The van der Waals surface area contributed by atoms with Crippen molar-refractivity contribution in [1.82, 2.24) is 0 Å². The summed E-state index contributed by atoms with van der Waals surface area (Å²) < 4.78 is 10.7. The fourth-order valence-electron chi connectivity index (χ4n) is 3.92. The highest BCUT2D eigenvalue weighted by atomic mass is 16.5. The van der Waals surface area contributed by atoms with Crippen molar-refractivity contribution in [2.75, 3.05) is 6.61 Å². The number of hydrogen-bond acceptors (Lipinski definition) is 8. The maximum atomic E-state index is 12.1. The fourth-order valence-corrected chi connectivity index (χ4v) is 3.92. The molecule has 4 N–H and O–H groups in total. The topological polar surface area (TPSA) is 134 Å². The van der Waals surface area contributed by atoms with Crippen molar-refractivity contribution in [2.24, 2.45) is 0 Å². The van der Waals surface area contributed by atoms with Crippen molar-refractivity contribution in [3.8, 4) is 11.5 Å². The highest BCUT2D eigenvalue weighted by Crippen LogP contribution is 2.21. The molecule has 0 heterocycles. The minimum absolute atomic E-state index is 0.202. The van der Waals surface area contributed by atoms with Crippen molar-refractivity contribution >= 4 is 12.3 Å². The molecule has 206 valence electrons. The first-order chi connectivity index (χ1) is 17.4. The molecule has 0 radical (unpaired) electrons. The number of aldehydes is 1. The van der Waals surface area contributed by atoms with Gasteiger partial charge in [0.25, 0.3) is 0 Å². The average Bonchev–Trinajstić information content (AvgIpc) is 2.89. The highest BCUT2D eigenvalue weighted by Gasteiger charge is 2.32. The second kappa shape index (κ2) is 20.1. The van der Waals surface area contributed by atoms with E-state index in [1.165, 1.54) is 88.5 Å². The molecule has 1 aromatic carbocycles. The molecule has 0 aliphatic rings. The Morgan fingerprint density at radius 1 is 0.778 bits per heavy atom. The molecular formula is C28H46O8. The summed E-state index contributed by atoms with van der Waals surface area (Å²) in [6.45, 7) is 1.47. The van der Waals surface area contributed by atoms with Gasteiger partial charge in [-0.25, -0.2) is 0 Å². The molecule has 1 rings (SSSR count). The van der Waals surface area contributed by atoms with Gasteiger partial charge in [-0.1, -0.05) is 84.0 Å². The number of hydrogen-bond donors (Lipinski definition) is 4. The van der Waals surface area contributed by atoms with Gasteiger partial charge in [-0.05, 0) is 30.7 Å². The molecule has 0 aromatic heterocycles. The zero-order valence-corrected chi connectivity index (χ0v) is 21.7. The number of unbranched alkanes of at least 4 members (excludes halogenated alkanes) is 12. The normalized spacial score (nSPS) is 14.6. The van der Waals surface area contributed by atoms with Gasteiger partial charge in [-0.3, -0.25) is 9.59 Å². The molecule has 0 unspecified atom stereocenters. The number of rotatable bonds is 22. The summed E-state index contributed by atoms with van der Waals surface area (Å²) >= 11 is 0. The van der Waals surface area contributed by atoms with Crippen LogP contribution in [0.4, 0.5) is 0 Å². The largest absolute Gasteiger partial charge is 0.480 e. The zero-order valence-electron chi connectivity index (χ0n) is 21.7. The summed E-state index contributed by atoms with van der Waals surface area (Å²) in [6, 6.07) is 5.94. The van der Waals surface area contributed by atoms with Crippen molar-refractivity contribution in [2.45, 2.75) is 121 Å². The number of aliphatic hydroxyl groups excluding tert-OH is 4. The second-order valence-electron chi connectivity index (χ2n) is 9.39. The number of esters is 1. The van der Waals surface area contributed by atoms with Gasteiger partial charge < -0.3 is 29.9 Å². The van der Waals surface area contributed by atoms with Gasteiger partial charge in [-0.2, -0.15) is 0 Å². The molecule has 36 heavy (non-hydrogen) atoms. The third-order valence-corrected chi connectivity index (χ3v) is 6.21. The third kappa shape index (κ3) is 13.9. The van der Waals surface area contributed by atoms with E-state index in [0.29, 0.717) is 18.5 Å². The van der Waals surface area contributed by atoms with Crippen LogP contribution in [0, 0.1) is 0 Å². The maximum Gasteiger partial charge on any atom is 0.311 e. The zero-order chi connectivity index (χ0) is 26.6. The molecular weight excluding hydrogens is 464 g/mol. The van der Waals surface area contributed by atoms with Gasteiger partial charge in [0.15, 0.2) is 12.4 Å². The number of carbonyl (C=O) groups excluding carboxylic acids is 2. The molecule has 0 aliphatic heterocycles. The Balaban J connectivity index is 2.19. The summed E-state index contributed by atoms with van der Waals surface area (Å²) in [5, 5.41) is 38.0. The van der Waals surface area contributed by atoms with E-state index >= 15 is 0 Å². The summed E-state index contributed by atoms with van der Waals surface area (Å²) in [7, 11) is 0. The van der Waals surface area contributed by atoms with Crippen molar-refractivity contribution in [1.29, 1.82) is 0 Å². The Kier molecular flexibility index (Phi) is 17.9. The summed E-state index contributed by atoms with van der Waals surface area (Å²) in [4.78, 5) is 23.3. The van der Waals surface area contributed by atoms with E-state index in [2.05, 4.69) is 6.92 Å². The van der Waals surface area contributed by atoms with Crippen molar-refractivity contribution < 1.29 is 39.5 Å². The Morgan fingerprint density at radius 2 is 1.25 bits per heavy atom. The number of benzene rings is 1. The van der Waals surface area contributed by atoms with E-state index in [1.807, 2.05) is 0 Å². The van der Waals surface area contributed by atoms with Gasteiger partial charge in [0.2, 0.25) is 0 Å². The standard InChI is InChI=1S/C28H46O8/c1-2-3-4-5-6-7-8-9-10-11-12-13-14-15-26(32)36-23-18-16-22(17-19-23)35-25(21-30)28(34)27(33)24(31)20-29/h16-19,21,24-25,27-29,31,33-34H,2-15,20H2,1H3/t24-,25+,27-,28-/m1/s1. The Bertz CT molecular complexity index is 693. The summed E-state index contributed by atoms with van der Waals surface area (Å²) in [5.41, 5.74) is 0. The van der Waals surface area contributed by atoms with E-state index in [0.717, 1.165) is 19.3 Å². The molecule has 0 amide bonds. The smallest absolute Gasteiger partial charge is 0.311 e. The maximum absolute atomic E-state index is 12.1. The SMILES string of the molecule is CCCCCCCCCCCCCCCC(=O)Oc1ccc(O[C@@H](C=O)[C@@H](O)[C@H](O)[C@H](O)CO)cc1. The molecule has 0 spiro atoms. The molecule has 4 atom stereocenters. The highest BCUT2D eigenvalue weighted by molar-refractivity contribution is 5.72. The lowest BCUT2D eigenvalue weighted by atomic mass is 10.0. The molecule has 0 bridgehead atoms. The van der Waals surface area contributed by atoms with E-state index in [4.69, 9.17) is 14.6 Å². The van der Waals surface area contributed by atoms with Crippen molar-refractivity contribution in [3.63, 3.8) is 0 Å². The van der Waals surface area contributed by atoms with E-state index in [1.54, 1.807) is 0 Å². The van der Waals surface area contributed by atoms with Crippen LogP contribution in [0.2, 0.25) is 0 Å². The van der Waals surface area contributed by atoms with Crippen molar-refractivity contribution in [3.05, 3.63) is 24.3 Å². The first-order valence-corrected chi connectivity index (χ1v) is 13.5. The monoisotopic (exact) mass is 510 g/mol. The molecule has 0 aliphatic carbocycles. The lowest BCUT2D eigenvalue weighted by Crippen LogP contribution is -2.48. The average molecular weight is 511 g/mol. The molecule has 1 aromatic rings. The molecule has 0 saturated heterocycles. The van der Waals surface area contributed by atoms with Gasteiger partial charge in [-0.15, -0.1) is 0 Å². The number of carbonyl (C=O) groups is 2. The molecule has 0 saturated carbocycles. The predicted octanol–water partition coefficient (Wildman–Crippen LogP) is 4.09. The first-order valence-electron chi connectivity index (χ1n) is 13.5. The lowest BCUT2D eigenvalue weighted by Gasteiger charge is -2.26. The fraction of sp³-hybridized carbons (Fsp3) is 0.714. The lowest BCUT2D eigenvalue weighted by molar-refractivity contribution is -0.134. The van der Waals surface area contributed by atoms with Crippen LogP contribution in [0.5, 0.6) is 11.5 Å². The van der Waals surface area contributed by atoms with E-state index in [-0.39, 0.29) is 11.7 Å². The molecule has 0 fully saturated rings. The Morgan fingerprint density at radius 3 is 1.72 bits per heavy atom. The van der Waals surface area contributed by atoms with E-state index < -0.39 is 31.0 Å². The van der Waals surface area contributed by atoms with E-state index in [9.17, 15) is 24.9 Å². The molecule has 8 nitrogen and oxygen atoms in total. The van der Waals surface area contributed by atoms with Crippen LogP contribution in [-0.2, 0) is 9.59 Å². The van der Waals surface area contributed by atoms with Gasteiger partial charge in [0.1, 0.15) is 29.8 Å². The van der Waals surface area contributed by atoms with Crippen LogP contribution in [-0.4, -0.2) is 63.7 Å².